The summed E-state index contributed by atoms with van der Waals surface area (Å²) in [4.78, 5) is 36.1. The number of fused-ring (bicyclic) bond motifs is 1. The number of amides is 2. The normalized spacial score (nSPS) is 15.7. The minimum atomic E-state index is -1.24. The lowest BCUT2D eigenvalue weighted by Crippen LogP contribution is -2.44. The molecule has 0 saturated heterocycles. The van der Waals surface area contributed by atoms with Gasteiger partial charge in [0, 0.05) is 17.4 Å². The van der Waals surface area contributed by atoms with Crippen LogP contribution in [0.25, 0.3) is 0 Å². The van der Waals surface area contributed by atoms with Gasteiger partial charge in [-0.15, -0.1) is 0 Å². The third-order valence-electron chi connectivity index (χ3n) is 5.54. The molecule has 0 saturated carbocycles. The van der Waals surface area contributed by atoms with Crippen LogP contribution in [0.4, 0.5) is 4.39 Å². The van der Waals surface area contributed by atoms with E-state index in [0.29, 0.717) is 29.7 Å². The first-order valence-corrected chi connectivity index (χ1v) is 10.3. The number of benzene rings is 2. The van der Waals surface area contributed by atoms with E-state index >= 15 is 0 Å². The summed E-state index contributed by atoms with van der Waals surface area (Å²) in [6.07, 6.45) is 5.01. The van der Waals surface area contributed by atoms with Gasteiger partial charge in [-0.05, 0) is 48.2 Å². The topological polar surface area (TPSA) is 98.4 Å². The van der Waals surface area contributed by atoms with Crippen LogP contribution < -0.4 is 10.5 Å². The molecule has 0 aliphatic heterocycles. The van der Waals surface area contributed by atoms with Gasteiger partial charge in [-0.25, -0.2) is 4.39 Å². The van der Waals surface area contributed by atoms with E-state index in [4.69, 9.17) is 22.1 Å². The van der Waals surface area contributed by atoms with E-state index < -0.39 is 29.7 Å². The number of hydrogen-bond donors (Lipinski definition) is 1. The number of ether oxygens (including phenoxy) is 1. The highest BCUT2D eigenvalue weighted by molar-refractivity contribution is 6.30. The zero-order valence-electron chi connectivity index (χ0n) is 17.2. The quantitative estimate of drug-likeness (QED) is 0.613. The molecule has 2 aromatic carbocycles. The summed E-state index contributed by atoms with van der Waals surface area (Å²) < 4.78 is 20.0. The molecule has 1 aliphatic carbocycles. The molecule has 0 radical (unpaired) electrons. The Morgan fingerprint density at radius 3 is 2.75 bits per heavy atom. The molecule has 32 heavy (non-hydrogen) atoms. The summed E-state index contributed by atoms with van der Waals surface area (Å²) in [5.74, 6) is -1.41. The average molecular weight is 455 g/mol. The highest BCUT2D eigenvalue weighted by Crippen LogP contribution is 2.43. The van der Waals surface area contributed by atoms with Crippen LogP contribution in [0, 0.1) is 5.82 Å². The predicted octanol–water partition coefficient (Wildman–Crippen LogP) is 3.63. The first kappa shape index (κ1) is 21.7. The fourth-order valence-corrected chi connectivity index (χ4v) is 4.40. The average Bonchev–Trinajstić information content (AvgIpc) is 3.20. The highest BCUT2D eigenvalue weighted by atomic mass is 35.5. The Labute approximate surface area is 189 Å². The Kier molecular flexibility index (Phi) is 6.05. The number of nitrogens with two attached hydrogens (primary N) is 1. The van der Waals surface area contributed by atoms with E-state index in [0.717, 1.165) is 0 Å². The number of aromatic nitrogens is 2. The summed E-state index contributed by atoms with van der Waals surface area (Å²) >= 11 is 6.12. The van der Waals surface area contributed by atoms with Gasteiger partial charge in [0.05, 0.1) is 30.6 Å². The van der Waals surface area contributed by atoms with Crippen molar-refractivity contribution >= 4 is 23.4 Å². The Hall–Kier alpha value is -3.52. The molecular formula is C23H20ClFN4O3. The lowest BCUT2D eigenvalue weighted by atomic mass is 10.0. The van der Waals surface area contributed by atoms with Crippen molar-refractivity contribution in [2.45, 2.75) is 24.9 Å². The summed E-state index contributed by atoms with van der Waals surface area (Å²) in [5.41, 5.74) is 7.21. The monoisotopic (exact) mass is 454 g/mol. The number of primary amides is 1. The van der Waals surface area contributed by atoms with Crippen molar-refractivity contribution in [3.63, 3.8) is 0 Å². The first-order valence-electron chi connectivity index (χ1n) is 9.91. The molecule has 2 N–H and O–H groups in total. The van der Waals surface area contributed by atoms with Crippen LogP contribution in [0.15, 0.2) is 55.0 Å². The van der Waals surface area contributed by atoms with Crippen molar-refractivity contribution in [3.05, 3.63) is 88.2 Å². The van der Waals surface area contributed by atoms with Gasteiger partial charge < -0.3 is 15.4 Å². The van der Waals surface area contributed by atoms with E-state index in [-0.39, 0.29) is 16.3 Å². The van der Waals surface area contributed by atoms with Gasteiger partial charge in [0.15, 0.2) is 6.04 Å². The molecule has 0 bridgehead atoms. The number of rotatable bonds is 6. The maximum atomic E-state index is 14.6. The molecule has 2 atom stereocenters. The van der Waals surface area contributed by atoms with Gasteiger partial charge in [0.2, 0.25) is 5.91 Å². The van der Waals surface area contributed by atoms with Gasteiger partial charge >= 0.3 is 0 Å². The van der Waals surface area contributed by atoms with Crippen molar-refractivity contribution in [1.82, 2.24) is 14.9 Å². The molecule has 1 heterocycles. The third-order valence-corrected chi connectivity index (χ3v) is 5.76. The van der Waals surface area contributed by atoms with E-state index in [1.807, 2.05) is 0 Å². The minimum Gasteiger partial charge on any atom is -0.496 e. The largest absolute Gasteiger partial charge is 0.496 e. The second-order valence-corrected chi connectivity index (χ2v) is 7.79. The van der Waals surface area contributed by atoms with E-state index in [1.54, 1.807) is 30.3 Å². The molecule has 164 valence electrons. The number of carbonyl (C=O) groups is 2. The predicted molar refractivity (Wildman–Crippen MR) is 116 cm³/mol. The zero-order valence-corrected chi connectivity index (χ0v) is 17.9. The van der Waals surface area contributed by atoms with Crippen LogP contribution in [0.5, 0.6) is 5.75 Å². The number of hydrogen-bond acceptors (Lipinski definition) is 5. The summed E-state index contributed by atoms with van der Waals surface area (Å²) in [6, 6.07) is 7.62. The van der Waals surface area contributed by atoms with Gasteiger partial charge in [0.25, 0.3) is 5.91 Å². The fraction of sp³-hybridized carbons (Fsp3) is 0.217. The maximum Gasteiger partial charge on any atom is 0.259 e. The summed E-state index contributed by atoms with van der Waals surface area (Å²) in [6.45, 7) is 0. The van der Waals surface area contributed by atoms with Crippen LogP contribution >= 0.6 is 11.6 Å². The molecule has 7 nitrogen and oxygen atoms in total. The molecule has 0 fully saturated rings. The molecule has 1 aliphatic rings. The molecule has 2 amide bonds. The van der Waals surface area contributed by atoms with E-state index in [1.165, 1.54) is 36.7 Å². The molecule has 0 unspecified atom stereocenters. The van der Waals surface area contributed by atoms with Crippen LogP contribution in [0.2, 0.25) is 5.02 Å². The molecule has 1 aromatic heterocycles. The van der Waals surface area contributed by atoms with Gasteiger partial charge in [0.1, 0.15) is 11.6 Å². The third kappa shape index (κ3) is 3.89. The van der Waals surface area contributed by atoms with Gasteiger partial charge in [-0.2, -0.15) is 0 Å². The molecule has 0 spiro atoms. The minimum absolute atomic E-state index is 0.202. The second kappa shape index (κ2) is 8.92. The number of nitrogens with zero attached hydrogens (tertiary/aromatic N) is 3. The van der Waals surface area contributed by atoms with Crippen molar-refractivity contribution in [1.29, 1.82) is 0 Å². The molecule has 4 rings (SSSR count). The Morgan fingerprint density at radius 2 is 2.06 bits per heavy atom. The summed E-state index contributed by atoms with van der Waals surface area (Å²) in [7, 11) is 1.45. The smallest absolute Gasteiger partial charge is 0.259 e. The maximum absolute atomic E-state index is 14.6. The van der Waals surface area contributed by atoms with Crippen LogP contribution in [0.3, 0.4) is 0 Å². The number of methoxy groups -OCH3 is 1. The van der Waals surface area contributed by atoms with Crippen LogP contribution in [-0.4, -0.2) is 33.8 Å². The molecular weight excluding hydrogens is 435 g/mol. The zero-order chi connectivity index (χ0) is 22.8. The Bertz CT molecular complexity index is 1180. The lowest BCUT2D eigenvalue weighted by molar-refractivity contribution is -0.123. The summed E-state index contributed by atoms with van der Waals surface area (Å²) in [5, 5.41) is 0.202. The Balaban J connectivity index is 1.91. The van der Waals surface area contributed by atoms with Crippen LogP contribution in [-0.2, 0) is 11.2 Å². The van der Waals surface area contributed by atoms with E-state index in [2.05, 4.69) is 9.97 Å². The van der Waals surface area contributed by atoms with Gasteiger partial charge in [-0.3, -0.25) is 19.6 Å². The van der Waals surface area contributed by atoms with Gasteiger partial charge in [-0.1, -0.05) is 23.7 Å². The highest BCUT2D eigenvalue weighted by Gasteiger charge is 2.41. The Morgan fingerprint density at radius 1 is 1.28 bits per heavy atom. The van der Waals surface area contributed by atoms with Crippen molar-refractivity contribution in [2.24, 2.45) is 5.73 Å². The lowest BCUT2D eigenvalue weighted by Gasteiger charge is -2.35. The number of carbonyl (C=O) groups excluding carboxylic acids is 2. The second-order valence-electron chi connectivity index (χ2n) is 7.36. The van der Waals surface area contributed by atoms with Crippen LogP contribution in [0.1, 0.15) is 45.7 Å². The first-order chi connectivity index (χ1) is 15.4. The van der Waals surface area contributed by atoms with Crippen molar-refractivity contribution < 1.29 is 18.7 Å². The number of para-hydroxylation sites is 1. The SMILES string of the molecule is COc1ccccc1C(=O)N([C@@H]1CCc2c(F)cc(Cl)cc21)[C@@H](C(N)=O)c1cnccn1. The van der Waals surface area contributed by atoms with Crippen molar-refractivity contribution in [2.75, 3.05) is 7.11 Å². The fourth-order valence-electron chi connectivity index (χ4n) is 4.19. The van der Waals surface area contributed by atoms with E-state index in [9.17, 15) is 14.0 Å². The number of halogens is 2. The molecule has 3 aromatic rings. The van der Waals surface area contributed by atoms with Crippen molar-refractivity contribution in [3.8, 4) is 5.75 Å². The standard InChI is InChI=1S/C23H20ClFN4O3/c1-32-20-5-3-2-4-15(20)23(31)29(21(22(26)30)18-12-27-8-9-28-18)19-7-6-14-16(19)10-13(24)11-17(14)25/h2-5,8-12,19,21H,6-7H2,1H3,(H2,26,30)/t19-,21-/m1/s1. The molecule has 9 heteroatoms.